The second-order valence-electron chi connectivity index (χ2n) is 7.37. The Hall–Kier alpha value is -2.80. The Balaban J connectivity index is 1.41. The number of amides is 1. The fraction of sp³-hybridized carbons (Fsp3) is 0.261. The molecule has 5 nitrogen and oxygen atoms in total. The molecule has 1 saturated heterocycles. The predicted molar refractivity (Wildman–Crippen MR) is 118 cm³/mol. The Morgan fingerprint density at radius 3 is 2.67 bits per heavy atom. The first-order valence-corrected chi connectivity index (χ1v) is 10.7. The maximum atomic E-state index is 13.2. The lowest BCUT2D eigenvalue weighted by molar-refractivity contribution is -0.125. The molecular formula is C23H22BrFN4O. The van der Waals surface area contributed by atoms with Crippen molar-refractivity contribution < 1.29 is 9.18 Å². The molecule has 1 amide bonds. The third kappa shape index (κ3) is 5.02. The maximum absolute atomic E-state index is 13.2. The molecule has 1 aliphatic rings. The summed E-state index contributed by atoms with van der Waals surface area (Å²) in [5, 5.41) is 3.05. The van der Waals surface area contributed by atoms with Gasteiger partial charge in [0.15, 0.2) is 5.82 Å². The van der Waals surface area contributed by atoms with Crippen molar-refractivity contribution in [3.05, 3.63) is 76.6 Å². The van der Waals surface area contributed by atoms with Gasteiger partial charge in [-0.3, -0.25) is 4.79 Å². The molecule has 154 valence electrons. The standard InChI is InChI=1S/C23H22BrFN4O/c24-19-7-3-16(4-8-19)14-27-23(30)18-2-1-13-29(15-18)21-11-12-26-22(28-21)17-5-9-20(25)10-6-17/h3-12,18H,1-2,13-15H2,(H,27,30). The molecule has 7 heteroatoms. The van der Waals surface area contributed by atoms with E-state index in [9.17, 15) is 9.18 Å². The van der Waals surface area contributed by atoms with E-state index in [2.05, 4.69) is 36.1 Å². The zero-order valence-electron chi connectivity index (χ0n) is 16.4. The van der Waals surface area contributed by atoms with Crippen LogP contribution < -0.4 is 10.2 Å². The Labute approximate surface area is 183 Å². The normalized spacial score (nSPS) is 16.3. The number of nitrogens with one attached hydrogen (secondary N) is 1. The van der Waals surface area contributed by atoms with E-state index in [1.165, 1.54) is 12.1 Å². The van der Waals surface area contributed by atoms with Gasteiger partial charge in [0.1, 0.15) is 11.6 Å². The van der Waals surface area contributed by atoms with E-state index in [1.54, 1.807) is 18.3 Å². The molecule has 0 radical (unpaired) electrons. The zero-order valence-corrected chi connectivity index (χ0v) is 18.0. The number of carbonyl (C=O) groups excluding carboxylic acids is 1. The monoisotopic (exact) mass is 468 g/mol. The Morgan fingerprint density at radius 2 is 1.90 bits per heavy atom. The van der Waals surface area contributed by atoms with Crippen molar-refractivity contribution in [1.82, 2.24) is 15.3 Å². The molecule has 1 unspecified atom stereocenters. The SMILES string of the molecule is O=C(NCc1ccc(Br)cc1)C1CCCN(c2ccnc(-c3ccc(F)cc3)n2)C1. The molecular weight excluding hydrogens is 447 g/mol. The lowest BCUT2D eigenvalue weighted by Crippen LogP contribution is -2.43. The number of rotatable bonds is 5. The summed E-state index contributed by atoms with van der Waals surface area (Å²) in [7, 11) is 0. The van der Waals surface area contributed by atoms with Gasteiger partial charge in [0.25, 0.3) is 0 Å². The fourth-order valence-electron chi connectivity index (χ4n) is 3.60. The molecule has 1 N–H and O–H groups in total. The molecule has 1 aliphatic heterocycles. The van der Waals surface area contributed by atoms with Crippen molar-refractivity contribution in [2.24, 2.45) is 5.92 Å². The number of carbonyl (C=O) groups is 1. The molecule has 0 saturated carbocycles. The molecule has 30 heavy (non-hydrogen) atoms. The van der Waals surface area contributed by atoms with E-state index in [4.69, 9.17) is 0 Å². The van der Waals surface area contributed by atoms with Crippen molar-refractivity contribution in [3.63, 3.8) is 0 Å². The smallest absolute Gasteiger partial charge is 0.225 e. The van der Waals surface area contributed by atoms with Crippen LogP contribution in [0.5, 0.6) is 0 Å². The van der Waals surface area contributed by atoms with Gasteiger partial charge < -0.3 is 10.2 Å². The van der Waals surface area contributed by atoms with Crippen LogP contribution in [-0.4, -0.2) is 29.0 Å². The number of hydrogen-bond donors (Lipinski definition) is 1. The number of aromatic nitrogens is 2. The largest absolute Gasteiger partial charge is 0.356 e. The number of benzene rings is 2. The van der Waals surface area contributed by atoms with Crippen LogP contribution in [0.2, 0.25) is 0 Å². The summed E-state index contributed by atoms with van der Waals surface area (Å²) >= 11 is 3.42. The first-order valence-electron chi connectivity index (χ1n) is 9.94. The summed E-state index contributed by atoms with van der Waals surface area (Å²) in [6.07, 6.45) is 3.49. The summed E-state index contributed by atoms with van der Waals surface area (Å²) in [6, 6.07) is 15.9. The van der Waals surface area contributed by atoms with Crippen LogP contribution >= 0.6 is 15.9 Å². The van der Waals surface area contributed by atoms with Crippen LogP contribution in [0.25, 0.3) is 11.4 Å². The molecule has 1 aromatic heterocycles. The van der Waals surface area contributed by atoms with E-state index < -0.39 is 0 Å². The van der Waals surface area contributed by atoms with Gasteiger partial charge in [0, 0.05) is 35.9 Å². The molecule has 2 heterocycles. The topological polar surface area (TPSA) is 58.1 Å². The number of halogens is 2. The lowest BCUT2D eigenvalue weighted by Gasteiger charge is -2.33. The highest BCUT2D eigenvalue weighted by atomic mass is 79.9. The van der Waals surface area contributed by atoms with Crippen LogP contribution in [0.15, 0.2) is 65.3 Å². The van der Waals surface area contributed by atoms with E-state index >= 15 is 0 Å². The fourth-order valence-corrected chi connectivity index (χ4v) is 3.86. The molecule has 0 spiro atoms. The third-order valence-electron chi connectivity index (χ3n) is 5.24. The highest BCUT2D eigenvalue weighted by Gasteiger charge is 2.26. The highest BCUT2D eigenvalue weighted by molar-refractivity contribution is 9.10. The number of nitrogens with zero attached hydrogens (tertiary/aromatic N) is 3. The second kappa shape index (κ2) is 9.34. The summed E-state index contributed by atoms with van der Waals surface area (Å²) in [4.78, 5) is 23.8. The first kappa shape index (κ1) is 20.5. The van der Waals surface area contributed by atoms with Gasteiger partial charge >= 0.3 is 0 Å². The minimum Gasteiger partial charge on any atom is -0.356 e. The molecule has 1 fully saturated rings. The van der Waals surface area contributed by atoms with E-state index in [0.29, 0.717) is 18.9 Å². The average molecular weight is 469 g/mol. The van der Waals surface area contributed by atoms with E-state index in [1.807, 2.05) is 30.3 Å². The summed E-state index contributed by atoms with van der Waals surface area (Å²) in [6.45, 7) is 1.98. The van der Waals surface area contributed by atoms with Gasteiger partial charge in [-0.25, -0.2) is 14.4 Å². The number of piperidine rings is 1. The van der Waals surface area contributed by atoms with Crippen LogP contribution in [0.4, 0.5) is 10.2 Å². The van der Waals surface area contributed by atoms with Crippen molar-refractivity contribution >= 4 is 27.7 Å². The Bertz CT molecular complexity index is 1010. The second-order valence-corrected chi connectivity index (χ2v) is 8.29. The molecule has 4 rings (SSSR count). The van der Waals surface area contributed by atoms with Gasteiger partial charge in [-0.15, -0.1) is 0 Å². The molecule has 1 atom stereocenters. The summed E-state index contributed by atoms with van der Waals surface area (Å²) < 4.78 is 14.2. The molecule has 3 aromatic rings. The van der Waals surface area contributed by atoms with Gasteiger partial charge in [-0.1, -0.05) is 28.1 Å². The number of anilines is 1. The van der Waals surface area contributed by atoms with Crippen LogP contribution in [-0.2, 0) is 11.3 Å². The Kier molecular flexibility index (Phi) is 6.38. The molecule has 0 aliphatic carbocycles. The van der Waals surface area contributed by atoms with E-state index in [0.717, 1.165) is 40.8 Å². The van der Waals surface area contributed by atoms with Gasteiger partial charge in [-0.2, -0.15) is 0 Å². The first-order chi connectivity index (χ1) is 14.6. The summed E-state index contributed by atoms with van der Waals surface area (Å²) in [5.74, 6) is 1.03. The van der Waals surface area contributed by atoms with Gasteiger partial charge in [0.2, 0.25) is 5.91 Å². The quantitative estimate of drug-likeness (QED) is 0.595. The van der Waals surface area contributed by atoms with Crippen LogP contribution in [0.1, 0.15) is 18.4 Å². The van der Waals surface area contributed by atoms with Gasteiger partial charge in [-0.05, 0) is 60.9 Å². The predicted octanol–water partition coefficient (Wildman–Crippen LogP) is 4.58. The summed E-state index contributed by atoms with van der Waals surface area (Å²) in [5.41, 5.74) is 1.83. The van der Waals surface area contributed by atoms with E-state index in [-0.39, 0.29) is 17.6 Å². The van der Waals surface area contributed by atoms with Gasteiger partial charge in [0.05, 0.1) is 5.92 Å². The zero-order chi connectivity index (χ0) is 20.9. The van der Waals surface area contributed by atoms with Crippen molar-refractivity contribution in [3.8, 4) is 11.4 Å². The average Bonchev–Trinajstić information content (AvgIpc) is 2.79. The lowest BCUT2D eigenvalue weighted by atomic mass is 9.97. The molecule has 2 aromatic carbocycles. The third-order valence-corrected chi connectivity index (χ3v) is 5.77. The van der Waals surface area contributed by atoms with Crippen molar-refractivity contribution in [1.29, 1.82) is 0 Å². The van der Waals surface area contributed by atoms with Crippen LogP contribution in [0, 0.1) is 11.7 Å². The maximum Gasteiger partial charge on any atom is 0.225 e. The molecule has 0 bridgehead atoms. The Morgan fingerprint density at radius 1 is 1.13 bits per heavy atom. The van der Waals surface area contributed by atoms with Crippen LogP contribution in [0.3, 0.4) is 0 Å². The minimum absolute atomic E-state index is 0.0652. The van der Waals surface area contributed by atoms with Crippen molar-refractivity contribution in [2.75, 3.05) is 18.0 Å². The highest BCUT2D eigenvalue weighted by Crippen LogP contribution is 2.24. The van der Waals surface area contributed by atoms with Crippen molar-refractivity contribution in [2.45, 2.75) is 19.4 Å². The number of hydrogen-bond acceptors (Lipinski definition) is 4. The minimum atomic E-state index is -0.289.